The van der Waals surface area contributed by atoms with Crippen LogP contribution < -0.4 is 20.8 Å². The molecule has 0 aliphatic rings. The molecule has 0 fully saturated rings. The van der Waals surface area contributed by atoms with Crippen LogP contribution in [0.2, 0.25) is 0 Å². The van der Waals surface area contributed by atoms with E-state index in [0.29, 0.717) is 12.1 Å². The van der Waals surface area contributed by atoms with Crippen LogP contribution in [0.25, 0.3) is 11.2 Å². The number of nitrogens with one attached hydrogen (secondary N) is 3. The largest absolute Gasteiger partial charge is 0.573 e. The number of pyridine rings is 2. The Bertz CT molecular complexity index is 1400. The number of hydrogen-bond donors (Lipinski definition) is 2. The second-order valence-corrected chi connectivity index (χ2v) is 6.66. The van der Waals surface area contributed by atoms with Crippen molar-refractivity contribution < 1.29 is 40.9 Å². The van der Waals surface area contributed by atoms with E-state index in [1.54, 1.807) is 0 Å². The summed E-state index contributed by atoms with van der Waals surface area (Å²) in [5.74, 6) is -4.89. The van der Waals surface area contributed by atoms with E-state index in [0.717, 1.165) is 12.1 Å². The molecular weight excluding hydrogens is 455 g/mol. The molecule has 1 atom stereocenters. The van der Waals surface area contributed by atoms with Crippen molar-refractivity contribution in [3.05, 3.63) is 87.8 Å². The fraction of sp³-hybridized carbons (Fsp3) is 0.100. The highest BCUT2D eigenvalue weighted by Gasteiger charge is 2.33. The molecule has 0 spiro atoms. The zero-order valence-corrected chi connectivity index (χ0v) is 16.2. The van der Waals surface area contributed by atoms with Gasteiger partial charge in [-0.25, -0.2) is 13.8 Å². The Morgan fingerprint density at radius 2 is 1.97 bits per heavy atom. The van der Waals surface area contributed by atoms with Crippen molar-refractivity contribution in [2.45, 2.75) is 12.4 Å². The molecule has 33 heavy (non-hydrogen) atoms. The molecule has 1 unspecified atom stereocenters. The first-order valence-electron chi connectivity index (χ1n) is 9.12. The lowest BCUT2D eigenvalue weighted by Gasteiger charge is -2.20. The Balaban J connectivity index is 1.71. The van der Waals surface area contributed by atoms with Crippen LogP contribution in [0.5, 0.6) is 5.75 Å². The lowest BCUT2D eigenvalue weighted by atomic mass is 10.0. The van der Waals surface area contributed by atoms with Crippen LogP contribution in [0.15, 0.2) is 58.0 Å². The van der Waals surface area contributed by atoms with E-state index >= 15 is 0 Å². The third-order valence-corrected chi connectivity index (χ3v) is 4.45. The number of alkyl halides is 3. The zero-order valence-electron chi connectivity index (χ0n) is 16.2. The molecule has 0 saturated carbocycles. The van der Waals surface area contributed by atoms with Gasteiger partial charge in [-0.1, -0.05) is 6.07 Å². The summed E-state index contributed by atoms with van der Waals surface area (Å²) in [4.78, 5) is 33.0. The number of aromatic nitrogens is 3. The second-order valence-electron chi connectivity index (χ2n) is 6.66. The van der Waals surface area contributed by atoms with Crippen LogP contribution in [0.1, 0.15) is 27.7 Å². The number of aromatic amines is 2. The van der Waals surface area contributed by atoms with E-state index in [1.807, 2.05) is 0 Å². The van der Waals surface area contributed by atoms with Gasteiger partial charge in [-0.2, -0.15) is 9.78 Å². The Labute approximate surface area is 180 Å². The maximum atomic E-state index is 14.5. The SMILES string of the molecule is O=C(NC(c1ccc(OC(F)(F)F)c(F)c1)c1ncccc1F)c1c[nH+]c2[nH]c(=O)oc2c1. The van der Waals surface area contributed by atoms with Crippen molar-refractivity contribution in [2.75, 3.05) is 0 Å². The van der Waals surface area contributed by atoms with Gasteiger partial charge in [0.15, 0.2) is 11.6 Å². The average Bonchev–Trinajstić information content (AvgIpc) is 3.12. The number of amides is 1. The normalized spacial score (nSPS) is 12.5. The summed E-state index contributed by atoms with van der Waals surface area (Å²) < 4.78 is 74.5. The summed E-state index contributed by atoms with van der Waals surface area (Å²) in [7, 11) is 0. The van der Waals surface area contributed by atoms with Crippen LogP contribution in [0.3, 0.4) is 0 Å². The summed E-state index contributed by atoms with van der Waals surface area (Å²) in [6.45, 7) is 0. The zero-order chi connectivity index (χ0) is 23.8. The molecule has 0 saturated heterocycles. The summed E-state index contributed by atoms with van der Waals surface area (Å²) >= 11 is 0. The van der Waals surface area contributed by atoms with Gasteiger partial charge < -0.3 is 14.5 Å². The molecule has 4 aromatic rings. The summed E-state index contributed by atoms with van der Waals surface area (Å²) in [6.07, 6.45) is -2.66. The maximum absolute atomic E-state index is 14.5. The Morgan fingerprint density at radius 1 is 1.18 bits per heavy atom. The number of hydrogen-bond acceptors (Lipinski definition) is 5. The molecule has 4 rings (SSSR count). The monoisotopic (exact) mass is 467 g/mol. The second kappa shape index (κ2) is 8.33. The van der Waals surface area contributed by atoms with E-state index in [4.69, 9.17) is 4.42 Å². The van der Waals surface area contributed by atoms with Crippen molar-refractivity contribution in [1.29, 1.82) is 0 Å². The lowest BCUT2D eigenvalue weighted by Crippen LogP contribution is -2.31. The molecule has 170 valence electrons. The third-order valence-electron chi connectivity index (χ3n) is 4.45. The summed E-state index contributed by atoms with van der Waals surface area (Å²) in [6, 6.07) is 4.58. The van der Waals surface area contributed by atoms with Crippen LogP contribution in [-0.4, -0.2) is 22.2 Å². The van der Waals surface area contributed by atoms with E-state index < -0.39 is 41.5 Å². The van der Waals surface area contributed by atoms with Gasteiger partial charge >= 0.3 is 17.8 Å². The fourth-order valence-electron chi connectivity index (χ4n) is 3.05. The van der Waals surface area contributed by atoms with Gasteiger partial charge in [0.2, 0.25) is 5.58 Å². The molecule has 13 heteroatoms. The smallest absolute Gasteiger partial charge is 0.403 e. The topological polar surface area (TPSA) is 111 Å². The van der Waals surface area contributed by atoms with E-state index in [2.05, 4.69) is 25.0 Å². The number of oxazole rings is 1. The number of carbonyl (C=O) groups is 1. The predicted octanol–water partition coefficient (Wildman–Crippen LogP) is 3.03. The van der Waals surface area contributed by atoms with Crippen molar-refractivity contribution in [3.63, 3.8) is 0 Å². The molecule has 1 aromatic carbocycles. The number of ether oxygens (including phenoxy) is 1. The number of benzene rings is 1. The van der Waals surface area contributed by atoms with E-state index in [9.17, 15) is 31.5 Å². The fourth-order valence-corrected chi connectivity index (χ4v) is 3.05. The van der Waals surface area contributed by atoms with Gasteiger partial charge in [-0.15, -0.1) is 13.2 Å². The van der Waals surface area contributed by atoms with Crippen LogP contribution in [0, 0.1) is 11.6 Å². The first-order valence-corrected chi connectivity index (χ1v) is 9.12. The number of H-pyrrole nitrogens is 2. The molecule has 0 aliphatic carbocycles. The van der Waals surface area contributed by atoms with E-state index in [1.165, 1.54) is 24.5 Å². The first kappa shape index (κ1) is 21.9. The van der Waals surface area contributed by atoms with Crippen molar-refractivity contribution in [1.82, 2.24) is 15.3 Å². The molecule has 1 amide bonds. The van der Waals surface area contributed by atoms with Gasteiger partial charge in [0, 0.05) is 12.3 Å². The molecule has 3 N–H and O–H groups in total. The highest BCUT2D eigenvalue weighted by Crippen LogP contribution is 2.30. The lowest BCUT2D eigenvalue weighted by molar-refractivity contribution is -0.347. The standard InChI is InChI=1S/C20H11F5N4O4/c21-11-2-1-5-26-16(11)15(9-3-4-13(12(22)6-9)33-20(23,24)25)28-18(30)10-7-14-17(27-8-10)29-19(31)32-14/h1-8,15H,(H,28,30)(H,27,29,31)/p+1. The minimum absolute atomic E-state index is 0.0351. The predicted molar refractivity (Wildman–Crippen MR) is 100.0 cm³/mol. The molecule has 0 aliphatic heterocycles. The average molecular weight is 467 g/mol. The molecule has 3 heterocycles. The summed E-state index contributed by atoms with van der Waals surface area (Å²) in [5, 5.41) is 2.45. The third kappa shape index (κ3) is 4.81. The Hall–Kier alpha value is -4.29. The van der Waals surface area contributed by atoms with Gasteiger partial charge in [0.25, 0.3) is 5.91 Å². The number of carbonyl (C=O) groups excluding carboxylic acids is 1. The number of halogens is 5. The Morgan fingerprint density at radius 3 is 2.67 bits per heavy atom. The molecule has 0 bridgehead atoms. The van der Waals surface area contributed by atoms with Gasteiger partial charge in [0.05, 0.1) is 11.6 Å². The molecule has 3 aromatic heterocycles. The van der Waals surface area contributed by atoms with Crippen molar-refractivity contribution >= 4 is 17.1 Å². The minimum Gasteiger partial charge on any atom is -0.403 e. The van der Waals surface area contributed by atoms with Crippen molar-refractivity contribution in [2.24, 2.45) is 0 Å². The number of rotatable bonds is 5. The highest BCUT2D eigenvalue weighted by atomic mass is 19.4. The number of nitrogens with zero attached hydrogens (tertiary/aromatic N) is 1. The maximum Gasteiger partial charge on any atom is 0.573 e. The van der Waals surface area contributed by atoms with Gasteiger partial charge in [-0.05, 0) is 29.8 Å². The van der Waals surface area contributed by atoms with Crippen molar-refractivity contribution in [3.8, 4) is 5.75 Å². The Kier molecular flexibility index (Phi) is 5.54. The molecule has 8 nitrogen and oxygen atoms in total. The van der Waals surface area contributed by atoms with Crippen LogP contribution in [-0.2, 0) is 0 Å². The first-order chi connectivity index (χ1) is 15.6. The van der Waals surface area contributed by atoms with Gasteiger partial charge in [0.1, 0.15) is 17.7 Å². The number of fused-ring (bicyclic) bond motifs is 1. The quantitative estimate of drug-likeness (QED) is 0.439. The van der Waals surface area contributed by atoms with E-state index in [-0.39, 0.29) is 28.1 Å². The molecule has 0 radical (unpaired) electrons. The van der Waals surface area contributed by atoms with Crippen LogP contribution >= 0.6 is 0 Å². The molecular formula is C20H12F5N4O4+. The summed E-state index contributed by atoms with van der Waals surface area (Å²) in [5.41, 5.74) is -0.206. The van der Waals surface area contributed by atoms with Crippen LogP contribution in [0.4, 0.5) is 22.0 Å². The van der Waals surface area contributed by atoms with Gasteiger partial charge in [-0.3, -0.25) is 9.78 Å². The highest BCUT2D eigenvalue weighted by molar-refractivity contribution is 5.95. The minimum atomic E-state index is -5.12.